The van der Waals surface area contributed by atoms with E-state index in [0.717, 1.165) is 16.7 Å². The van der Waals surface area contributed by atoms with E-state index in [-0.39, 0.29) is 6.42 Å². The molecular formula is C12H9N5O2. The number of aliphatic carboxylic acids is 1. The van der Waals surface area contributed by atoms with E-state index in [1.54, 1.807) is 18.6 Å². The Morgan fingerprint density at radius 3 is 2.79 bits per heavy atom. The third-order valence-electron chi connectivity index (χ3n) is 2.59. The molecule has 0 fully saturated rings. The average molecular weight is 255 g/mol. The lowest BCUT2D eigenvalue weighted by molar-refractivity contribution is -0.136. The number of hydrogen-bond donors (Lipinski definition) is 1. The third-order valence-corrected chi connectivity index (χ3v) is 2.59. The minimum atomic E-state index is -0.934. The van der Waals surface area contributed by atoms with E-state index >= 15 is 0 Å². The van der Waals surface area contributed by atoms with Crippen LogP contribution >= 0.6 is 0 Å². The summed E-state index contributed by atoms with van der Waals surface area (Å²) in [6.45, 7) is 0. The van der Waals surface area contributed by atoms with E-state index < -0.39 is 5.97 Å². The molecule has 1 aromatic carbocycles. The van der Waals surface area contributed by atoms with Crippen LogP contribution in [0.5, 0.6) is 0 Å². The highest BCUT2D eigenvalue weighted by Gasteiger charge is 2.07. The Kier molecular flexibility index (Phi) is 2.64. The smallest absolute Gasteiger partial charge is 0.309 e. The third kappa shape index (κ3) is 2.25. The zero-order chi connectivity index (χ0) is 13.2. The topological polar surface area (TPSA) is 93.8 Å². The predicted octanol–water partition coefficient (Wildman–Crippen LogP) is 0.838. The monoisotopic (exact) mass is 255 g/mol. The van der Waals surface area contributed by atoms with Crippen molar-refractivity contribution >= 4 is 17.0 Å². The van der Waals surface area contributed by atoms with Crippen molar-refractivity contribution in [2.24, 2.45) is 0 Å². The van der Waals surface area contributed by atoms with Gasteiger partial charge in [-0.1, -0.05) is 5.21 Å². The van der Waals surface area contributed by atoms with Crippen LogP contribution in [0.4, 0.5) is 0 Å². The highest BCUT2D eigenvalue weighted by Crippen LogP contribution is 2.14. The largest absolute Gasteiger partial charge is 0.481 e. The molecule has 19 heavy (non-hydrogen) atoms. The summed E-state index contributed by atoms with van der Waals surface area (Å²) in [5.74, 6) is -0.934. The summed E-state index contributed by atoms with van der Waals surface area (Å²) < 4.78 is 1.52. The van der Waals surface area contributed by atoms with Gasteiger partial charge in [-0.3, -0.25) is 14.8 Å². The van der Waals surface area contributed by atoms with Gasteiger partial charge in [0.1, 0.15) is 0 Å². The summed E-state index contributed by atoms with van der Waals surface area (Å²) in [5.41, 5.74) is 2.70. The standard InChI is InChI=1S/C12H9N5O2/c18-12(19)5-8-7-17(16-15-8)9-1-2-10-11(6-9)14-4-3-13-10/h1-4,6-7H,5H2,(H,18,19). The highest BCUT2D eigenvalue weighted by molar-refractivity contribution is 5.76. The van der Waals surface area contributed by atoms with Gasteiger partial charge in [0.05, 0.1) is 35.0 Å². The average Bonchev–Trinajstić information content (AvgIpc) is 2.86. The molecule has 94 valence electrons. The van der Waals surface area contributed by atoms with Crippen LogP contribution in [0.25, 0.3) is 16.7 Å². The van der Waals surface area contributed by atoms with Crippen LogP contribution in [0.15, 0.2) is 36.8 Å². The summed E-state index contributed by atoms with van der Waals surface area (Å²) in [7, 11) is 0. The number of fused-ring (bicyclic) bond motifs is 1. The quantitative estimate of drug-likeness (QED) is 0.745. The Hall–Kier alpha value is -2.83. The maximum atomic E-state index is 10.6. The Morgan fingerprint density at radius 2 is 2.00 bits per heavy atom. The number of hydrogen-bond acceptors (Lipinski definition) is 5. The van der Waals surface area contributed by atoms with Gasteiger partial charge in [-0.2, -0.15) is 0 Å². The zero-order valence-corrected chi connectivity index (χ0v) is 9.76. The van der Waals surface area contributed by atoms with E-state index in [2.05, 4.69) is 20.3 Å². The summed E-state index contributed by atoms with van der Waals surface area (Å²) in [4.78, 5) is 19.0. The number of carbonyl (C=O) groups is 1. The number of benzene rings is 1. The van der Waals surface area contributed by atoms with Gasteiger partial charge in [-0.25, -0.2) is 4.68 Å². The predicted molar refractivity (Wildman–Crippen MR) is 65.8 cm³/mol. The van der Waals surface area contributed by atoms with E-state index in [1.807, 2.05) is 18.2 Å². The summed E-state index contributed by atoms with van der Waals surface area (Å²) in [5, 5.41) is 16.4. The van der Waals surface area contributed by atoms with E-state index in [4.69, 9.17) is 5.11 Å². The van der Waals surface area contributed by atoms with Crippen LogP contribution in [0.3, 0.4) is 0 Å². The minimum absolute atomic E-state index is 0.145. The molecule has 0 aliphatic heterocycles. The number of carboxylic acids is 1. The molecule has 2 heterocycles. The van der Waals surface area contributed by atoms with Crippen LogP contribution in [-0.4, -0.2) is 36.0 Å². The fraction of sp³-hybridized carbons (Fsp3) is 0.0833. The van der Waals surface area contributed by atoms with Gasteiger partial charge in [0.15, 0.2) is 0 Å². The molecule has 7 heteroatoms. The maximum Gasteiger partial charge on any atom is 0.309 e. The van der Waals surface area contributed by atoms with Crippen LogP contribution in [0, 0.1) is 0 Å². The minimum Gasteiger partial charge on any atom is -0.481 e. The van der Waals surface area contributed by atoms with E-state index in [0.29, 0.717) is 5.69 Å². The Bertz CT molecular complexity index is 752. The molecule has 3 aromatic rings. The highest BCUT2D eigenvalue weighted by atomic mass is 16.4. The van der Waals surface area contributed by atoms with Crippen molar-refractivity contribution in [3.8, 4) is 5.69 Å². The first-order valence-corrected chi connectivity index (χ1v) is 5.56. The van der Waals surface area contributed by atoms with Crippen LogP contribution in [0.1, 0.15) is 5.69 Å². The second-order valence-electron chi connectivity index (χ2n) is 3.95. The van der Waals surface area contributed by atoms with Crippen molar-refractivity contribution in [1.29, 1.82) is 0 Å². The van der Waals surface area contributed by atoms with Gasteiger partial charge in [0.2, 0.25) is 0 Å². The molecular weight excluding hydrogens is 246 g/mol. The number of nitrogens with zero attached hydrogens (tertiary/aromatic N) is 5. The summed E-state index contributed by atoms with van der Waals surface area (Å²) >= 11 is 0. The first-order chi connectivity index (χ1) is 9.22. The van der Waals surface area contributed by atoms with E-state index in [1.165, 1.54) is 4.68 Å². The number of carboxylic acid groups (broad SMARTS) is 1. The Labute approximate surface area is 107 Å². The van der Waals surface area contributed by atoms with Gasteiger partial charge in [-0.05, 0) is 18.2 Å². The molecule has 0 aliphatic carbocycles. The SMILES string of the molecule is O=C(O)Cc1cn(-c2ccc3nccnc3c2)nn1. The van der Waals surface area contributed by atoms with Gasteiger partial charge in [-0.15, -0.1) is 5.10 Å². The molecule has 0 saturated heterocycles. The van der Waals surface area contributed by atoms with Crippen molar-refractivity contribution < 1.29 is 9.90 Å². The molecule has 0 radical (unpaired) electrons. The molecule has 0 saturated carbocycles. The molecule has 7 nitrogen and oxygen atoms in total. The van der Waals surface area contributed by atoms with Crippen LogP contribution < -0.4 is 0 Å². The Morgan fingerprint density at radius 1 is 1.21 bits per heavy atom. The molecule has 2 aromatic heterocycles. The molecule has 1 N–H and O–H groups in total. The van der Waals surface area contributed by atoms with Crippen molar-refractivity contribution in [3.63, 3.8) is 0 Å². The van der Waals surface area contributed by atoms with Crippen molar-refractivity contribution in [1.82, 2.24) is 25.0 Å². The van der Waals surface area contributed by atoms with Crippen LogP contribution in [0.2, 0.25) is 0 Å². The first-order valence-electron chi connectivity index (χ1n) is 5.56. The molecule has 0 spiro atoms. The normalized spacial score (nSPS) is 10.7. The number of rotatable bonds is 3. The molecule has 0 atom stereocenters. The second-order valence-corrected chi connectivity index (χ2v) is 3.95. The Balaban J connectivity index is 1.99. The molecule has 0 amide bonds. The number of aromatic nitrogens is 5. The van der Waals surface area contributed by atoms with E-state index in [9.17, 15) is 4.79 Å². The summed E-state index contributed by atoms with van der Waals surface area (Å²) in [6, 6.07) is 5.48. The molecule has 3 rings (SSSR count). The van der Waals surface area contributed by atoms with Gasteiger partial charge in [0, 0.05) is 12.4 Å². The lowest BCUT2D eigenvalue weighted by atomic mass is 10.2. The fourth-order valence-corrected chi connectivity index (χ4v) is 1.75. The van der Waals surface area contributed by atoms with Gasteiger partial charge >= 0.3 is 5.97 Å². The fourth-order valence-electron chi connectivity index (χ4n) is 1.75. The molecule has 0 aliphatic rings. The van der Waals surface area contributed by atoms with Gasteiger partial charge in [0.25, 0.3) is 0 Å². The van der Waals surface area contributed by atoms with Gasteiger partial charge < -0.3 is 5.11 Å². The lowest BCUT2D eigenvalue weighted by Gasteiger charge is -2.01. The first kappa shape index (κ1) is 11.3. The molecule has 0 unspecified atom stereocenters. The molecule has 0 bridgehead atoms. The maximum absolute atomic E-state index is 10.6. The zero-order valence-electron chi connectivity index (χ0n) is 9.76. The summed E-state index contributed by atoms with van der Waals surface area (Å²) in [6.07, 6.45) is 4.69. The van der Waals surface area contributed by atoms with Crippen molar-refractivity contribution in [2.75, 3.05) is 0 Å². The van der Waals surface area contributed by atoms with Crippen molar-refractivity contribution in [2.45, 2.75) is 6.42 Å². The lowest BCUT2D eigenvalue weighted by Crippen LogP contribution is -2.00. The van der Waals surface area contributed by atoms with Crippen molar-refractivity contribution in [3.05, 3.63) is 42.5 Å². The second kappa shape index (κ2) is 4.45. The van der Waals surface area contributed by atoms with Crippen LogP contribution in [-0.2, 0) is 11.2 Å².